The molecular weight excluding hydrogens is 324 g/mol. The largest absolute Gasteiger partial charge is 0.465 e. The molecule has 0 amide bonds. The Morgan fingerprint density at radius 1 is 0.840 bits per heavy atom. The Balaban J connectivity index is 0.00000131. The Bertz CT molecular complexity index is 516. The molecule has 0 radical (unpaired) electrons. The normalized spacial score (nSPS) is 38.2. The summed E-state index contributed by atoms with van der Waals surface area (Å²) in [5.74, 6) is 0.142. The van der Waals surface area contributed by atoms with Crippen LogP contribution in [0.5, 0.6) is 0 Å². The van der Waals surface area contributed by atoms with Gasteiger partial charge in [-0.2, -0.15) is 0 Å². The first kappa shape index (κ1) is 17.3. The molecule has 6 atom stereocenters. The van der Waals surface area contributed by atoms with E-state index in [-0.39, 0.29) is 20.9 Å². The lowest BCUT2D eigenvalue weighted by atomic mass is 9.90. The molecule has 6 nitrogen and oxygen atoms in total. The van der Waals surface area contributed by atoms with Gasteiger partial charge < -0.3 is 18.9 Å². The zero-order valence-corrected chi connectivity index (χ0v) is 14.7. The number of hydrogen-bond acceptors (Lipinski definition) is 6. The lowest BCUT2D eigenvalue weighted by Crippen LogP contribution is -2.24. The first-order valence-corrected chi connectivity index (χ1v) is 9.83. The molecule has 0 spiro atoms. The van der Waals surface area contributed by atoms with Gasteiger partial charge in [0.05, 0.1) is 31.0 Å². The van der Waals surface area contributed by atoms with Gasteiger partial charge in [-0.1, -0.05) is 0 Å². The Kier molecular flexibility index (Phi) is 5.27. The smallest absolute Gasteiger partial charge is 0.306 e. The summed E-state index contributed by atoms with van der Waals surface area (Å²) in [7, 11) is 0. The van der Waals surface area contributed by atoms with Crippen LogP contribution in [0.15, 0.2) is 0 Å². The minimum Gasteiger partial charge on any atom is -0.465 e. The highest BCUT2D eigenvalue weighted by Crippen LogP contribution is 2.39. The molecule has 6 unspecified atom stereocenters. The molecule has 144 valence electrons. The highest BCUT2D eigenvalue weighted by atomic mass is 16.6. The third-order valence-electron chi connectivity index (χ3n) is 5.86. The van der Waals surface area contributed by atoms with Gasteiger partial charge in [-0.3, -0.25) is 9.59 Å². The summed E-state index contributed by atoms with van der Waals surface area (Å²) in [4.78, 5) is 23.6. The Labute approximate surface area is 151 Å². The molecule has 0 bridgehead atoms. The molecule has 0 aromatic carbocycles. The average molecular weight is 356 g/mol. The van der Waals surface area contributed by atoms with Crippen LogP contribution in [0.25, 0.3) is 0 Å². The van der Waals surface area contributed by atoms with E-state index in [1.807, 2.05) is 0 Å². The molecule has 0 aromatic rings. The zero-order valence-electron chi connectivity index (χ0n) is 14.7. The monoisotopic (exact) mass is 356 g/mol. The molecule has 4 fully saturated rings. The van der Waals surface area contributed by atoms with E-state index in [0.717, 1.165) is 38.5 Å². The Morgan fingerprint density at radius 2 is 1.52 bits per heavy atom. The highest BCUT2D eigenvalue weighted by molar-refractivity contribution is 5.70. The van der Waals surface area contributed by atoms with Crippen molar-refractivity contribution in [2.45, 2.75) is 94.7 Å². The summed E-state index contributed by atoms with van der Waals surface area (Å²) < 4.78 is 21.8. The van der Waals surface area contributed by atoms with Gasteiger partial charge >= 0.3 is 11.9 Å². The maximum atomic E-state index is 11.9. The predicted molar refractivity (Wildman–Crippen MR) is 92.0 cm³/mol. The number of unbranched alkanes of at least 4 members (excludes halogenated alkanes) is 1. The Hall–Kier alpha value is -1.14. The maximum Gasteiger partial charge on any atom is 0.306 e. The maximum absolute atomic E-state index is 11.9. The summed E-state index contributed by atoms with van der Waals surface area (Å²) in [5, 5.41) is 0. The molecule has 4 rings (SSSR count). The minimum absolute atomic E-state index is 0. The fraction of sp³-hybridized carbons (Fsp3) is 0.895. The van der Waals surface area contributed by atoms with Crippen LogP contribution in [0.4, 0.5) is 0 Å². The van der Waals surface area contributed by atoms with E-state index in [0.29, 0.717) is 62.6 Å². The van der Waals surface area contributed by atoms with Crippen molar-refractivity contribution in [3.8, 4) is 0 Å². The Morgan fingerprint density at radius 3 is 2.24 bits per heavy atom. The van der Waals surface area contributed by atoms with E-state index in [2.05, 4.69) is 0 Å². The van der Waals surface area contributed by atoms with Crippen LogP contribution in [0.3, 0.4) is 0 Å². The molecule has 2 saturated carbocycles. The number of ether oxygens (including phenoxy) is 4. The van der Waals surface area contributed by atoms with E-state index >= 15 is 0 Å². The predicted octanol–water partition coefficient (Wildman–Crippen LogP) is 3.01. The van der Waals surface area contributed by atoms with Crippen molar-refractivity contribution in [2.75, 3.05) is 6.61 Å². The van der Waals surface area contributed by atoms with Crippen LogP contribution in [-0.2, 0) is 28.5 Å². The van der Waals surface area contributed by atoms with E-state index in [9.17, 15) is 9.59 Å². The van der Waals surface area contributed by atoms with Crippen LogP contribution in [0.2, 0.25) is 0 Å². The van der Waals surface area contributed by atoms with Crippen LogP contribution in [0, 0.1) is 5.92 Å². The van der Waals surface area contributed by atoms with Crippen LogP contribution >= 0.6 is 0 Å². The quantitative estimate of drug-likeness (QED) is 0.378. The standard InChI is InChI=1S/C19H28O6.2H2/c20-18(22-11-12-5-7-14-16(9-12)24-14)3-1-2-4-19(21)23-13-6-8-15-17(10-13)25-15;;/h12-17H,1-11H2;2*1H. The van der Waals surface area contributed by atoms with E-state index in [1.165, 1.54) is 0 Å². The van der Waals surface area contributed by atoms with Gasteiger partial charge in [-0.15, -0.1) is 0 Å². The van der Waals surface area contributed by atoms with Gasteiger partial charge in [0.2, 0.25) is 0 Å². The second kappa shape index (κ2) is 7.62. The first-order chi connectivity index (χ1) is 12.2. The van der Waals surface area contributed by atoms with Crippen LogP contribution < -0.4 is 0 Å². The minimum atomic E-state index is -0.156. The number of carbonyl (C=O) groups excluding carboxylic acids is 2. The molecular formula is C19H32O6. The second-order valence-electron chi connectivity index (χ2n) is 7.92. The van der Waals surface area contributed by atoms with Gasteiger partial charge in [0, 0.05) is 22.1 Å². The van der Waals surface area contributed by atoms with Gasteiger partial charge in [-0.05, 0) is 50.9 Å². The van der Waals surface area contributed by atoms with Gasteiger partial charge in [0.25, 0.3) is 0 Å². The molecule has 2 aliphatic heterocycles. The molecule has 6 heteroatoms. The summed E-state index contributed by atoms with van der Waals surface area (Å²) in [5.41, 5.74) is 0. The van der Waals surface area contributed by atoms with Gasteiger partial charge in [0.1, 0.15) is 6.10 Å². The third kappa shape index (κ3) is 4.94. The summed E-state index contributed by atoms with van der Waals surface area (Å²) in [6, 6.07) is 0. The van der Waals surface area contributed by atoms with Gasteiger partial charge in [0.15, 0.2) is 0 Å². The fourth-order valence-electron chi connectivity index (χ4n) is 4.18. The number of hydrogen-bond donors (Lipinski definition) is 0. The summed E-state index contributed by atoms with van der Waals surface area (Å²) in [6.07, 6.45) is 9.74. The van der Waals surface area contributed by atoms with Crippen molar-refractivity contribution in [2.24, 2.45) is 5.92 Å². The molecule has 2 heterocycles. The van der Waals surface area contributed by atoms with Crippen molar-refractivity contribution >= 4 is 11.9 Å². The molecule has 2 saturated heterocycles. The lowest BCUT2D eigenvalue weighted by molar-refractivity contribution is -0.151. The molecule has 2 aliphatic carbocycles. The number of rotatable bonds is 8. The summed E-state index contributed by atoms with van der Waals surface area (Å²) in [6.45, 7) is 0.513. The number of fused-ring (bicyclic) bond motifs is 2. The summed E-state index contributed by atoms with van der Waals surface area (Å²) >= 11 is 0. The molecule has 0 aromatic heterocycles. The van der Waals surface area contributed by atoms with Crippen LogP contribution in [-0.4, -0.2) is 49.1 Å². The SMILES string of the molecule is O=C(CCCCC(=O)OC1CCC2OC2C1)OCC1CCC2OC2C1.[HH].[HH]. The lowest BCUT2D eigenvalue weighted by Gasteiger charge is -2.19. The van der Waals surface area contributed by atoms with Crippen molar-refractivity contribution in [1.29, 1.82) is 0 Å². The van der Waals surface area contributed by atoms with Crippen molar-refractivity contribution in [3.05, 3.63) is 0 Å². The second-order valence-corrected chi connectivity index (χ2v) is 7.92. The molecule has 4 aliphatic rings. The molecule has 25 heavy (non-hydrogen) atoms. The first-order valence-electron chi connectivity index (χ1n) is 9.83. The average Bonchev–Trinajstić information content (AvgIpc) is 3.50. The van der Waals surface area contributed by atoms with E-state index in [4.69, 9.17) is 18.9 Å². The van der Waals surface area contributed by atoms with Crippen LogP contribution in [0.1, 0.15) is 67.1 Å². The number of esters is 2. The number of epoxide rings is 2. The van der Waals surface area contributed by atoms with E-state index in [1.54, 1.807) is 0 Å². The molecule has 0 N–H and O–H groups in total. The third-order valence-corrected chi connectivity index (χ3v) is 5.86. The van der Waals surface area contributed by atoms with Crippen molar-refractivity contribution < 1.29 is 31.4 Å². The topological polar surface area (TPSA) is 77.7 Å². The van der Waals surface area contributed by atoms with Crippen molar-refractivity contribution in [3.63, 3.8) is 0 Å². The highest BCUT2D eigenvalue weighted by Gasteiger charge is 2.45. The zero-order chi connectivity index (χ0) is 17.2. The van der Waals surface area contributed by atoms with Gasteiger partial charge in [-0.25, -0.2) is 0 Å². The van der Waals surface area contributed by atoms with Crippen molar-refractivity contribution in [1.82, 2.24) is 0 Å². The van der Waals surface area contributed by atoms with E-state index < -0.39 is 0 Å². The fourth-order valence-corrected chi connectivity index (χ4v) is 4.18. The number of carbonyl (C=O) groups is 2.